The largest absolute Gasteiger partial charge is 0.481 e. The fourth-order valence-electron chi connectivity index (χ4n) is 2.19. The van der Waals surface area contributed by atoms with Crippen molar-refractivity contribution >= 4 is 17.7 Å². The highest BCUT2D eigenvalue weighted by Gasteiger charge is 2.24. The van der Waals surface area contributed by atoms with Crippen LogP contribution >= 0.6 is 0 Å². The van der Waals surface area contributed by atoms with E-state index in [2.05, 4.69) is 10.6 Å². The van der Waals surface area contributed by atoms with Gasteiger partial charge in [-0.25, -0.2) is 4.79 Å². The predicted octanol–water partition coefficient (Wildman–Crippen LogP) is 1.96. The molecule has 0 bridgehead atoms. The Kier molecular flexibility index (Phi) is 5.32. The zero-order chi connectivity index (χ0) is 16.2. The molecular weight excluding hydrogens is 272 g/mol. The molecule has 0 saturated heterocycles. The van der Waals surface area contributed by atoms with Crippen molar-refractivity contribution in [2.45, 2.75) is 39.7 Å². The molecule has 0 radical (unpaired) electrons. The summed E-state index contributed by atoms with van der Waals surface area (Å²) in [6.07, 6.45) is -0.435. The zero-order valence-electron chi connectivity index (χ0n) is 12.8. The number of carbonyl (C=O) groups is 2. The molecule has 1 aromatic rings. The Morgan fingerprint density at radius 2 is 1.71 bits per heavy atom. The number of carboxylic acids is 1. The van der Waals surface area contributed by atoms with Gasteiger partial charge in [0, 0.05) is 12.2 Å². The van der Waals surface area contributed by atoms with E-state index in [0.717, 1.165) is 22.4 Å². The third-order valence-electron chi connectivity index (χ3n) is 3.08. The molecule has 0 aliphatic heterocycles. The van der Waals surface area contributed by atoms with Crippen LogP contribution in [0.3, 0.4) is 0 Å². The summed E-state index contributed by atoms with van der Waals surface area (Å²) in [4.78, 5) is 22.4. The molecule has 0 heterocycles. The van der Waals surface area contributed by atoms with Gasteiger partial charge in [-0.15, -0.1) is 0 Å². The fourth-order valence-corrected chi connectivity index (χ4v) is 2.19. The van der Waals surface area contributed by atoms with E-state index in [1.807, 2.05) is 32.9 Å². The Balaban J connectivity index is 2.65. The molecule has 4 N–H and O–H groups in total. The van der Waals surface area contributed by atoms with E-state index in [1.54, 1.807) is 0 Å². The molecule has 21 heavy (non-hydrogen) atoms. The van der Waals surface area contributed by atoms with Gasteiger partial charge < -0.3 is 20.8 Å². The molecule has 0 spiro atoms. The first kappa shape index (κ1) is 17.0. The highest BCUT2D eigenvalue weighted by molar-refractivity contribution is 5.91. The summed E-state index contributed by atoms with van der Waals surface area (Å²) in [5.41, 5.74) is 2.23. The van der Waals surface area contributed by atoms with Crippen molar-refractivity contribution in [1.82, 2.24) is 5.32 Å². The third kappa shape index (κ3) is 5.43. The number of urea groups is 1. The molecule has 0 aromatic heterocycles. The number of amides is 2. The Morgan fingerprint density at radius 1 is 1.19 bits per heavy atom. The summed E-state index contributed by atoms with van der Waals surface area (Å²) in [5, 5.41) is 23.7. The summed E-state index contributed by atoms with van der Waals surface area (Å²) in [5.74, 6) is -1.12. The summed E-state index contributed by atoms with van der Waals surface area (Å²) in [7, 11) is 0. The van der Waals surface area contributed by atoms with Crippen LogP contribution in [0.5, 0.6) is 0 Å². The number of anilines is 1. The average molecular weight is 294 g/mol. The maximum Gasteiger partial charge on any atom is 0.319 e. The number of hydrogen-bond acceptors (Lipinski definition) is 3. The lowest BCUT2D eigenvalue weighted by molar-refractivity contribution is -0.141. The Labute approximate surface area is 124 Å². The second-order valence-corrected chi connectivity index (χ2v) is 5.65. The van der Waals surface area contributed by atoms with Gasteiger partial charge in [0.2, 0.25) is 0 Å². The Morgan fingerprint density at radius 3 is 2.19 bits per heavy atom. The lowest BCUT2D eigenvalue weighted by Crippen LogP contribution is -2.43. The normalized spacial score (nSPS) is 13.4. The lowest BCUT2D eigenvalue weighted by Gasteiger charge is -2.22. The molecule has 0 aliphatic rings. The van der Waals surface area contributed by atoms with Gasteiger partial charge in [-0.2, -0.15) is 0 Å². The molecule has 1 unspecified atom stereocenters. The number of nitrogens with one attached hydrogen (secondary N) is 2. The standard InChI is InChI=1S/C15H22N2O4/c1-9-5-10(2)13(11(3)6-9)17-14(20)16-8-15(4,21)7-12(18)19/h5-6,21H,7-8H2,1-4H3,(H,18,19)(H2,16,17,20). The number of carbonyl (C=O) groups excluding carboxylic acids is 1. The van der Waals surface area contributed by atoms with Crippen LogP contribution in [0.1, 0.15) is 30.0 Å². The van der Waals surface area contributed by atoms with Gasteiger partial charge in [0.25, 0.3) is 0 Å². The van der Waals surface area contributed by atoms with Crippen molar-refractivity contribution in [2.24, 2.45) is 0 Å². The number of rotatable bonds is 5. The van der Waals surface area contributed by atoms with E-state index in [0.29, 0.717) is 0 Å². The van der Waals surface area contributed by atoms with Gasteiger partial charge in [-0.3, -0.25) is 4.79 Å². The average Bonchev–Trinajstić information content (AvgIpc) is 2.29. The number of hydrogen-bond donors (Lipinski definition) is 4. The minimum absolute atomic E-state index is 0.144. The van der Waals surface area contributed by atoms with Crippen LogP contribution < -0.4 is 10.6 Å². The Bertz CT molecular complexity index is 530. The minimum atomic E-state index is -1.49. The van der Waals surface area contributed by atoms with Crippen LogP contribution in [0, 0.1) is 20.8 Å². The van der Waals surface area contributed by atoms with Gasteiger partial charge in [0.1, 0.15) is 0 Å². The van der Waals surface area contributed by atoms with Crippen molar-refractivity contribution in [2.75, 3.05) is 11.9 Å². The number of aliphatic hydroxyl groups is 1. The van der Waals surface area contributed by atoms with Crippen LogP contribution in [-0.2, 0) is 4.79 Å². The molecular formula is C15H22N2O4. The van der Waals surface area contributed by atoms with Crippen molar-refractivity contribution < 1.29 is 19.8 Å². The zero-order valence-corrected chi connectivity index (χ0v) is 12.8. The quantitative estimate of drug-likeness (QED) is 0.667. The van der Waals surface area contributed by atoms with Crippen LogP contribution in [0.15, 0.2) is 12.1 Å². The molecule has 0 saturated carbocycles. The minimum Gasteiger partial charge on any atom is -0.481 e. The lowest BCUT2D eigenvalue weighted by atomic mass is 10.0. The second kappa shape index (κ2) is 6.58. The van der Waals surface area contributed by atoms with Crippen LogP contribution in [0.25, 0.3) is 0 Å². The van der Waals surface area contributed by atoms with E-state index in [-0.39, 0.29) is 6.54 Å². The van der Waals surface area contributed by atoms with Gasteiger partial charge in [0.05, 0.1) is 12.0 Å². The van der Waals surface area contributed by atoms with Crippen molar-refractivity contribution in [3.8, 4) is 0 Å². The number of carboxylic acid groups (broad SMARTS) is 1. The molecule has 1 atom stereocenters. The molecule has 0 aliphatic carbocycles. The molecule has 1 aromatic carbocycles. The smallest absolute Gasteiger partial charge is 0.319 e. The highest BCUT2D eigenvalue weighted by atomic mass is 16.4. The summed E-state index contributed by atoms with van der Waals surface area (Å²) in [6, 6.07) is 3.45. The molecule has 1 rings (SSSR count). The summed E-state index contributed by atoms with van der Waals surface area (Å²) >= 11 is 0. The highest BCUT2D eigenvalue weighted by Crippen LogP contribution is 2.21. The Hall–Kier alpha value is -2.08. The van der Waals surface area contributed by atoms with E-state index in [4.69, 9.17) is 5.11 Å². The van der Waals surface area contributed by atoms with Gasteiger partial charge >= 0.3 is 12.0 Å². The summed E-state index contributed by atoms with van der Waals surface area (Å²) < 4.78 is 0. The van der Waals surface area contributed by atoms with Crippen LogP contribution in [0.4, 0.5) is 10.5 Å². The van der Waals surface area contributed by atoms with E-state index in [9.17, 15) is 14.7 Å². The predicted molar refractivity (Wildman–Crippen MR) is 80.6 cm³/mol. The molecule has 6 heteroatoms. The van der Waals surface area contributed by atoms with Crippen LogP contribution in [-0.4, -0.2) is 34.4 Å². The number of aryl methyl sites for hydroxylation is 3. The van der Waals surface area contributed by atoms with Gasteiger partial charge in [0.15, 0.2) is 0 Å². The van der Waals surface area contributed by atoms with Crippen molar-refractivity contribution in [3.63, 3.8) is 0 Å². The first-order valence-corrected chi connectivity index (χ1v) is 6.67. The topological polar surface area (TPSA) is 98.7 Å². The first-order chi connectivity index (χ1) is 9.60. The van der Waals surface area contributed by atoms with Crippen molar-refractivity contribution in [3.05, 3.63) is 28.8 Å². The maximum absolute atomic E-state index is 11.9. The number of benzene rings is 1. The maximum atomic E-state index is 11.9. The van der Waals surface area contributed by atoms with Gasteiger partial charge in [-0.05, 0) is 38.8 Å². The third-order valence-corrected chi connectivity index (χ3v) is 3.08. The van der Waals surface area contributed by atoms with E-state index < -0.39 is 24.0 Å². The monoisotopic (exact) mass is 294 g/mol. The molecule has 116 valence electrons. The summed E-state index contributed by atoms with van der Waals surface area (Å²) in [6.45, 7) is 7.00. The van der Waals surface area contributed by atoms with Crippen LogP contribution in [0.2, 0.25) is 0 Å². The van der Waals surface area contributed by atoms with Crippen molar-refractivity contribution in [1.29, 1.82) is 0 Å². The first-order valence-electron chi connectivity index (χ1n) is 6.67. The second-order valence-electron chi connectivity index (χ2n) is 5.65. The molecule has 2 amide bonds. The SMILES string of the molecule is Cc1cc(C)c(NC(=O)NCC(C)(O)CC(=O)O)c(C)c1. The van der Waals surface area contributed by atoms with E-state index >= 15 is 0 Å². The molecule has 6 nitrogen and oxygen atoms in total. The fraction of sp³-hybridized carbons (Fsp3) is 0.467. The van der Waals surface area contributed by atoms with E-state index in [1.165, 1.54) is 6.92 Å². The number of aliphatic carboxylic acids is 1. The van der Waals surface area contributed by atoms with Gasteiger partial charge in [-0.1, -0.05) is 17.7 Å². The molecule has 0 fully saturated rings.